The Morgan fingerprint density at radius 2 is 1.97 bits per heavy atom. The average molecular weight is 416 g/mol. The van der Waals surface area contributed by atoms with E-state index in [0.717, 1.165) is 24.1 Å². The van der Waals surface area contributed by atoms with Gasteiger partial charge in [-0.3, -0.25) is 19.1 Å². The Labute approximate surface area is 176 Å². The Morgan fingerprint density at radius 1 is 1.19 bits per heavy atom. The predicted molar refractivity (Wildman–Crippen MR) is 114 cm³/mol. The van der Waals surface area contributed by atoms with Crippen LogP contribution in [0.25, 0.3) is 16.7 Å². The molecular formula is C22H20N6O3. The minimum atomic E-state index is -0.536. The number of nitrogens with zero attached hydrogens (tertiary/aromatic N) is 5. The molecule has 1 amide bonds. The molecule has 9 heteroatoms. The maximum Gasteiger partial charge on any atom is 0.330 e. The molecule has 0 aliphatic heterocycles. The molecule has 9 nitrogen and oxygen atoms in total. The summed E-state index contributed by atoms with van der Waals surface area (Å²) in [4.78, 5) is 45.6. The van der Waals surface area contributed by atoms with Gasteiger partial charge in [-0.1, -0.05) is 18.2 Å². The van der Waals surface area contributed by atoms with E-state index in [1.165, 1.54) is 16.8 Å². The fraction of sp³-hybridized carbons (Fsp3) is 0.227. The summed E-state index contributed by atoms with van der Waals surface area (Å²) >= 11 is 0. The smallest absolute Gasteiger partial charge is 0.330 e. The summed E-state index contributed by atoms with van der Waals surface area (Å²) in [5.74, 6) is -0.273. The van der Waals surface area contributed by atoms with Gasteiger partial charge >= 0.3 is 5.69 Å². The van der Waals surface area contributed by atoms with E-state index < -0.39 is 11.2 Å². The fourth-order valence-corrected chi connectivity index (χ4v) is 3.66. The lowest BCUT2D eigenvalue weighted by Crippen LogP contribution is -2.31. The van der Waals surface area contributed by atoms with Crippen LogP contribution in [0.15, 0.2) is 64.6 Å². The molecule has 0 spiro atoms. The van der Waals surface area contributed by atoms with Crippen molar-refractivity contribution in [2.24, 2.45) is 0 Å². The highest BCUT2D eigenvalue weighted by Crippen LogP contribution is 2.34. The van der Waals surface area contributed by atoms with Crippen LogP contribution >= 0.6 is 0 Å². The number of carbonyl (C=O) groups excluding carboxylic acids is 1. The van der Waals surface area contributed by atoms with Crippen molar-refractivity contribution in [3.8, 4) is 5.69 Å². The van der Waals surface area contributed by atoms with Gasteiger partial charge in [-0.15, -0.1) is 0 Å². The number of aromatic nitrogens is 5. The van der Waals surface area contributed by atoms with Crippen LogP contribution in [0.2, 0.25) is 0 Å². The molecule has 3 aromatic heterocycles. The summed E-state index contributed by atoms with van der Waals surface area (Å²) < 4.78 is 3.26. The van der Waals surface area contributed by atoms with Gasteiger partial charge in [0.2, 0.25) is 0 Å². The zero-order chi connectivity index (χ0) is 21.5. The Hall–Kier alpha value is -4.01. The molecule has 0 bridgehead atoms. The van der Waals surface area contributed by atoms with E-state index in [9.17, 15) is 14.4 Å². The highest BCUT2D eigenvalue weighted by molar-refractivity contribution is 5.96. The normalized spacial score (nSPS) is 13.5. The van der Waals surface area contributed by atoms with E-state index >= 15 is 0 Å². The number of carbonyl (C=O) groups is 1. The topological polar surface area (TPSA) is 106 Å². The first-order chi connectivity index (χ1) is 15.0. The highest BCUT2D eigenvalue weighted by Gasteiger charge is 2.28. The second kappa shape index (κ2) is 7.35. The number of nitrogens with one attached hydrogen (secondary N) is 1. The van der Waals surface area contributed by atoms with Crippen molar-refractivity contribution in [3.05, 3.63) is 87.0 Å². The van der Waals surface area contributed by atoms with Crippen LogP contribution < -0.4 is 11.2 Å². The number of benzene rings is 1. The first kappa shape index (κ1) is 19.0. The van der Waals surface area contributed by atoms with Crippen LogP contribution in [-0.2, 0) is 6.54 Å². The van der Waals surface area contributed by atoms with Crippen molar-refractivity contribution >= 4 is 16.9 Å². The highest BCUT2D eigenvalue weighted by atomic mass is 16.2. The predicted octanol–water partition coefficient (Wildman–Crippen LogP) is 1.88. The van der Waals surface area contributed by atoms with E-state index in [2.05, 4.69) is 15.1 Å². The summed E-state index contributed by atoms with van der Waals surface area (Å²) in [7, 11) is 1.68. The number of hydrogen-bond acceptors (Lipinski definition) is 5. The van der Waals surface area contributed by atoms with E-state index in [1.54, 1.807) is 22.8 Å². The minimum absolute atomic E-state index is 0.0599. The molecule has 5 rings (SSSR count). The Kier molecular flexibility index (Phi) is 4.50. The molecule has 0 saturated heterocycles. The lowest BCUT2D eigenvalue weighted by atomic mass is 10.2. The number of rotatable bonds is 5. The van der Waals surface area contributed by atoms with Gasteiger partial charge in [0, 0.05) is 37.6 Å². The minimum Gasteiger partial charge on any atom is -0.337 e. The fourth-order valence-electron chi connectivity index (χ4n) is 3.66. The Morgan fingerprint density at radius 3 is 2.71 bits per heavy atom. The van der Waals surface area contributed by atoms with Crippen LogP contribution in [0.4, 0.5) is 0 Å². The van der Waals surface area contributed by atoms with E-state index in [4.69, 9.17) is 0 Å². The Bertz CT molecular complexity index is 1400. The number of para-hydroxylation sites is 1. The molecule has 0 unspecified atom stereocenters. The number of hydrogen-bond donors (Lipinski definition) is 1. The number of aromatic amines is 1. The van der Waals surface area contributed by atoms with Gasteiger partial charge in [-0.2, -0.15) is 5.10 Å². The maximum absolute atomic E-state index is 13.0. The molecule has 0 radical (unpaired) electrons. The second-order valence-electron chi connectivity index (χ2n) is 7.75. The van der Waals surface area contributed by atoms with Crippen molar-refractivity contribution in [3.63, 3.8) is 0 Å². The van der Waals surface area contributed by atoms with Crippen LogP contribution in [0.5, 0.6) is 0 Å². The molecule has 1 aromatic carbocycles. The lowest BCUT2D eigenvalue weighted by molar-refractivity contribution is 0.0785. The molecule has 0 atom stereocenters. The molecule has 1 aliphatic carbocycles. The van der Waals surface area contributed by atoms with Crippen molar-refractivity contribution in [2.45, 2.75) is 25.4 Å². The molecule has 156 valence electrons. The second-order valence-corrected chi connectivity index (χ2v) is 7.75. The first-order valence-corrected chi connectivity index (χ1v) is 10.0. The van der Waals surface area contributed by atoms with Crippen molar-refractivity contribution in [1.82, 2.24) is 29.2 Å². The van der Waals surface area contributed by atoms with E-state index in [0.29, 0.717) is 12.2 Å². The van der Waals surface area contributed by atoms with Gasteiger partial charge in [-0.25, -0.2) is 14.5 Å². The van der Waals surface area contributed by atoms with Crippen molar-refractivity contribution in [1.29, 1.82) is 0 Å². The van der Waals surface area contributed by atoms with Gasteiger partial charge in [0.05, 0.1) is 22.8 Å². The third-order valence-corrected chi connectivity index (χ3v) is 5.36. The number of H-pyrrole nitrogens is 1. The van der Waals surface area contributed by atoms with Crippen LogP contribution in [-0.4, -0.2) is 42.2 Å². The maximum atomic E-state index is 13.0. The number of fused-ring (bicyclic) bond motifs is 1. The summed E-state index contributed by atoms with van der Waals surface area (Å²) in [5, 5.41) is 4.59. The summed E-state index contributed by atoms with van der Waals surface area (Å²) in [6.45, 7) is 0.349. The van der Waals surface area contributed by atoms with Crippen LogP contribution in [0.1, 0.15) is 34.8 Å². The first-order valence-electron chi connectivity index (χ1n) is 10.0. The Balaban J connectivity index is 1.40. The third-order valence-electron chi connectivity index (χ3n) is 5.36. The summed E-state index contributed by atoms with van der Waals surface area (Å²) in [5.41, 5.74) is 1.41. The van der Waals surface area contributed by atoms with Crippen molar-refractivity contribution in [2.75, 3.05) is 7.05 Å². The van der Waals surface area contributed by atoms with Gasteiger partial charge < -0.3 is 4.90 Å². The van der Waals surface area contributed by atoms with E-state index in [-0.39, 0.29) is 22.9 Å². The average Bonchev–Trinajstić information content (AvgIpc) is 3.50. The molecule has 1 N–H and O–H groups in total. The monoisotopic (exact) mass is 416 g/mol. The molecule has 31 heavy (non-hydrogen) atoms. The third kappa shape index (κ3) is 3.54. The number of amides is 1. The number of pyridine rings is 1. The molecular weight excluding hydrogens is 396 g/mol. The van der Waals surface area contributed by atoms with Crippen LogP contribution in [0, 0.1) is 0 Å². The lowest BCUT2D eigenvalue weighted by Gasteiger charge is -2.16. The van der Waals surface area contributed by atoms with Gasteiger partial charge in [-0.05, 0) is 31.0 Å². The summed E-state index contributed by atoms with van der Waals surface area (Å²) in [6, 6.07) is 11.3. The molecule has 1 aliphatic rings. The molecule has 4 aromatic rings. The van der Waals surface area contributed by atoms with Crippen LogP contribution in [0.3, 0.4) is 0 Å². The van der Waals surface area contributed by atoms with Crippen molar-refractivity contribution < 1.29 is 4.79 Å². The standard InChI is InChI=1S/C22H20N6O3/c1-26(12-14-10-24-27(13-14)16-5-3-2-4-6-16)21(30)15-9-18-19(23-11-15)28(17-7-8-17)22(31)25-20(18)29/h2-6,9-11,13,17H,7-8,12H2,1H3,(H,25,29,31). The molecule has 1 saturated carbocycles. The molecule has 3 heterocycles. The largest absolute Gasteiger partial charge is 0.337 e. The summed E-state index contributed by atoms with van der Waals surface area (Å²) in [6.07, 6.45) is 6.77. The zero-order valence-electron chi connectivity index (χ0n) is 16.9. The van der Waals surface area contributed by atoms with Gasteiger partial charge in [0.1, 0.15) is 5.65 Å². The van der Waals surface area contributed by atoms with E-state index in [1.807, 2.05) is 36.5 Å². The SMILES string of the molecule is CN(Cc1cnn(-c2ccccc2)c1)C(=O)c1cnc2c(c1)c(=O)[nH]c(=O)n2C1CC1. The van der Waals surface area contributed by atoms with Gasteiger partial charge in [0.25, 0.3) is 11.5 Å². The molecule has 1 fully saturated rings. The quantitative estimate of drug-likeness (QED) is 0.535. The zero-order valence-corrected chi connectivity index (χ0v) is 16.9. The van der Waals surface area contributed by atoms with Gasteiger partial charge in [0.15, 0.2) is 0 Å².